The molecule has 0 saturated carbocycles. The molecule has 2 rings (SSSR count). The number of hydrogen-bond acceptors (Lipinski definition) is 4. The van der Waals surface area contributed by atoms with Gasteiger partial charge in [0.25, 0.3) is 0 Å². The Morgan fingerprint density at radius 1 is 1.56 bits per heavy atom. The van der Waals surface area contributed by atoms with E-state index in [0.29, 0.717) is 12.6 Å². The summed E-state index contributed by atoms with van der Waals surface area (Å²) in [5, 5.41) is 3.48. The highest BCUT2D eigenvalue weighted by atomic mass is 16.6. The molecular formula is C13H20N2O3. The lowest BCUT2D eigenvalue weighted by molar-refractivity contribution is 0.0950. The van der Waals surface area contributed by atoms with Crippen LogP contribution < -0.4 is 5.32 Å². The summed E-state index contributed by atoms with van der Waals surface area (Å²) in [4.78, 5) is 13.3. The van der Waals surface area contributed by atoms with E-state index in [9.17, 15) is 4.79 Å². The first-order valence-electron chi connectivity index (χ1n) is 6.45. The first-order chi connectivity index (χ1) is 8.79. The molecular weight excluding hydrogens is 232 g/mol. The predicted octanol–water partition coefficient (Wildman–Crippen LogP) is 1.99. The zero-order valence-corrected chi connectivity index (χ0v) is 10.7. The Balaban J connectivity index is 1.68. The zero-order chi connectivity index (χ0) is 12.8. The fourth-order valence-corrected chi connectivity index (χ4v) is 2.14. The first-order valence-corrected chi connectivity index (χ1v) is 6.45. The minimum absolute atomic E-state index is 0.189. The minimum Gasteiger partial charge on any atom is -0.472 e. The van der Waals surface area contributed by atoms with Crippen molar-refractivity contribution < 1.29 is 13.9 Å². The Morgan fingerprint density at radius 3 is 2.94 bits per heavy atom. The molecule has 1 aliphatic heterocycles. The highest BCUT2D eigenvalue weighted by Crippen LogP contribution is 2.12. The lowest BCUT2D eigenvalue weighted by Gasteiger charge is -2.31. The van der Waals surface area contributed by atoms with Gasteiger partial charge in [0, 0.05) is 31.2 Å². The summed E-state index contributed by atoms with van der Waals surface area (Å²) in [7, 11) is 0. The predicted molar refractivity (Wildman–Crippen MR) is 67.2 cm³/mol. The first kappa shape index (κ1) is 13.0. The second-order valence-electron chi connectivity index (χ2n) is 4.47. The van der Waals surface area contributed by atoms with E-state index in [1.807, 2.05) is 13.0 Å². The number of piperidine rings is 1. The Labute approximate surface area is 107 Å². The van der Waals surface area contributed by atoms with E-state index in [-0.39, 0.29) is 6.09 Å². The van der Waals surface area contributed by atoms with Crippen LogP contribution in [0.15, 0.2) is 23.0 Å². The van der Waals surface area contributed by atoms with Crippen LogP contribution in [0.25, 0.3) is 0 Å². The summed E-state index contributed by atoms with van der Waals surface area (Å²) in [6.45, 7) is 4.62. The Hall–Kier alpha value is -1.49. The number of nitrogens with zero attached hydrogens (tertiary/aromatic N) is 1. The molecule has 1 saturated heterocycles. The normalized spacial score (nSPS) is 16.8. The van der Waals surface area contributed by atoms with Gasteiger partial charge in [0.15, 0.2) is 0 Å². The summed E-state index contributed by atoms with van der Waals surface area (Å²) in [5.41, 5.74) is 1.16. The number of carbonyl (C=O) groups is 1. The van der Waals surface area contributed by atoms with Crippen molar-refractivity contribution in [3.05, 3.63) is 24.2 Å². The van der Waals surface area contributed by atoms with Crippen molar-refractivity contribution in [3.8, 4) is 0 Å². The number of nitrogens with one attached hydrogen (secondary N) is 1. The van der Waals surface area contributed by atoms with E-state index in [1.165, 1.54) is 0 Å². The fraction of sp³-hybridized carbons (Fsp3) is 0.615. The topological polar surface area (TPSA) is 54.7 Å². The van der Waals surface area contributed by atoms with Gasteiger partial charge in [0.05, 0.1) is 19.1 Å². The summed E-state index contributed by atoms with van der Waals surface area (Å²) >= 11 is 0. The van der Waals surface area contributed by atoms with E-state index in [4.69, 9.17) is 9.15 Å². The molecule has 0 atom stereocenters. The van der Waals surface area contributed by atoms with Gasteiger partial charge in [-0.05, 0) is 25.8 Å². The molecule has 1 aromatic heterocycles. The molecule has 100 valence electrons. The number of likely N-dealkylation sites (tertiary alicyclic amines) is 1. The van der Waals surface area contributed by atoms with Crippen molar-refractivity contribution in [2.75, 3.05) is 19.7 Å². The Bertz CT molecular complexity index is 356. The maximum Gasteiger partial charge on any atom is 0.409 e. The summed E-state index contributed by atoms with van der Waals surface area (Å²) in [5.74, 6) is 0. The zero-order valence-electron chi connectivity index (χ0n) is 10.7. The molecule has 18 heavy (non-hydrogen) atoms. The van der Waals surface area contributed by atoms with Gasteiger partial charge in [0.2, 0.25) is 0 Å². The van der Waals surface area contributed by atoms with E-state index in [0.717, 1.165) is 38.0 Å². The molecule has 1 N–H and O–H groups in total. The maximum atomic E-state index is 11.5. The minimum atomic E-state index is -0.189. The third-order valence-electron chi connectivity index (χ3n) is 3.20. The van der Waals surface area contributed by atoms with Gasteiger partial charge in [-0.1, -0.05) is 0 Å². The van der Waals surface area contributed by atoms with Crippen molar-refractivity contribution in [3.63, 3.8) is 0 Å². The van der Waals surface area contributed by atoms with E-state index in [2.05, 4.69) is 5.32 Å². The number of ether oxygens (including phenoxy) is 1. The van der Waals surface area contributed by atoms with Crippen LogP contribution in [0.1, 0.15) is 25.3 Å². The molecule has 1 aromatic rings. The van der Waals surface area contributed by atoms with Gasteiger partial charge in [-0.15, -0.1) is 0 Å². The molecule has 1 amide bonds. The lowest BCUT2D eigenvalue weighted by atomic mass is 10.1. The van der Waals surface area contributed by atoms with Crippen molar-refractivity contribution in [1.29, 1.82) is 0 Å². The van der Waals surface area contributed by atoms with Crippen molar-refractivity contribution in [1.82, 2.24) is 10.2 Å². The van der Waals surface area contributed by atoms with Gasteiger partial charge in [-0.25, -0.2) is 4.79 Å². The van der Waals surface area contributed by atoms with E-state index in [1.54, 1.807) is 17.4 Å². The lowest BCUT2D eigenvalue weighted by Crippen LogP contribution is -2.44. The molecule has 0 aliphatic carbocycles. The SMILES string of the molecule is CCOC(=O)N1CCC(NCc2ccoc2)CC1. The third-order valence-corrected chi connectivity index (χ3v) is 3.20. The summed E-state index contributed by atoms with van der Waals surface area (Å²) < 4.78 is 10.0. The molecule has 0 bridgehead atoms. The number of rotatable bonds is 4. The fourth-order valence-electron chi connectivity index (χ4n) is 2.14. The molecule has 0 aromatic carbocycles. The second-order valence-corrected chi connectivity index (χ2v) is 4.47. The quantitative estimate of drug-likeness (QED) is 0.890. The van der Waals surface area contributed by atoms with Gasteiger partial charge in [0.1, 0.15) is 0 Å². The summed E-state index contributed by atoms with van der Waals surface area (Å²) in [6.07, 6.45) is 5.18. The molecule has 0 spiro atoms. The van der Waals surface area contributed by atoms with Crippen LogP contribution in [0.2, 0.25) is 0 Å². The smallest absolute Gasteiger partial charge is 0.409 e. The number of hydrogen-bond donors (Lipinski definition) is 1. The molecule has 2 heterocycles. The van der Waals surface area contributed by atoms with E-state index < -0.39 is 0 Å². The van der Waals surface area contributed by atoms with Gasteiger partial charge in [-0.3, -0.25) is 0 Å². The van der Waals surface area contributed by atoms with E-state index >= 15 is 0 Å². The number of amides is 1. The van der Waals surface area contributed by atoms with Crippen molar-refractivity contribution in [2.24, 2.45) is 0 Å². The van der Waals surface area contributed by atoms with Crippen LogP contribution in [-0.2, 0) is 11.3 Å². The van der Waals surface area contributed by atoms with Gasteiger partial charge >= 0.3 is 6.09 Å². The number of carbonyl (C=O) groups excluding carboxylic acids is 1. The van der Waals surface area contributed by atoms with Crippen LogP contribution in [0.5, 0.6) is 0 Å². The average molecular weight is 252 g/mol. The molecule has 0 radical (unpaired) electrons. The van der Waals surface area contributed by atoms with Gasteiger partial charge in [-0.2, -0.15) is 0 Å². The molecule has 1 fully saturated rings. The van der Waals surface area contributed by atoms with Crippen LogP contribution >= 0.6 is 0 Å². The third kappa shape index (κ3) is 3.50. The molecule has 5 nitrogen and oxygen atoms in total. The van der Waals surface area contributed by atoms with Crippen molar-refractivity contribution >= 4 is 6.09 Å². The number of furan rings is 1. The Morgan fingerprint density at radius 2 is 2.33 bits per heavy atom. The van der Waals surface area contributed by atoms with Crippen LogP contribution in [-0.4, -0.2) is 36.7 Å². The molecule has 5 heteroatoms. The second kappa shape index (κ2) is 6.44. The largest absolute Gasteiger partial charge is 0.472 e. The van der Waals surface area contributed by atoms with Crippen LogP contribution in [0.3, 0.4) is 0 Å². The molecule has 1 aliphatic rings. The van der Waals surface area contributed by atoms with Gasteiger partial charge < -0.3 is 19.4 Å². The monoisotopic (exact) mass is 252 g/mol. The summed E-state index contributed by atoms with van der Waals surface area (Å²) in [6, 6.07) is 2.42. The molecule has 0 unspecified atom stereocenters. The highest BCUT2D eigenvalue weighted by molar-refractivity contribution is 5.67. The van der Waals surface area contributed by atoms with Crippen LogP contribution in [0, 0.1) is 0 Å². The Kier molecular flexibility index (Phi) is 4.64. The highest BCUT2D eigenvalue weighted by Gasteiger charge is 2.22. The van der Waals surface area contributed by atoms with Crippen LogP contribution in [0.4, 0.5) is 4.79 Å². The standard InChI is InChI=1S/C13H20N2O3/c1-2-18-13(16)15-6-3-12(4-7-15)14-9-11-5-8-17-10-11/h5,8,10,12,14H,2-4,6-7,9H2,1H3. The van der Waals surface area contributed by atoms with Crippen molar-refractivity contribution in [2.45, 2.75) is 32.4 Å². The maximum absolute atomic E-state index is 11.5. The average Bonchev–Trinajstić information content (AvgIpc) is 2.90.